The summed E-state index contributed by atoms with van der Waals surface area (Å²) in [7, 11) is 0. The summed E-state index contributed by atoms with van der Waals surface area (Å²) in [4.78, 5) is 15.8. The highest BCUT2D eigenvalue weighted by molar-refractivity contribution is 7.21. The third-order valence-electron chi connectivity index (χ3n) is 6.02. The number of hydrogen-bond donors (Lipinski definition) is 1. The lowest BCUT2D eigenvalue weighted by atomic mass is 9.72. The van der Waals surface area contributed by atoms with Crippen LogP contribution in [0.4, 0.5) is 8.78 Å². The number of rotatable bonds is 2. The maximum atomic E-state index is 13.8. The number of carbonyl (C=O) groups is 1. The van der Waals surface area contributed by atoms with Crippen LogP contribution in [0.15, 0.2) is 12.1 Å². The first-order valence-corrected chi connectivity index (χ1v) is 9.54. The van der Waals surface area contributed by atoms with Gasteiger partial charge in [0.05, 0.1) is 4.88 Å². The number of benzene rings is 1. The SMILES string of the molecule is Cc1c(F)c(F)cc2cc(C(=O)N[C@@H]3C4CCN(CC4)C3(C)C)sc12. The van der Waals surface area contributed by atoms with Gasteiger partial charge in [-0.25, -0.2) is 8.78 Å². The molecule has 3 aliphatic rings. The van der Waals surface area contributed by atoms with E-state index in [-0.39, 0.29) is 23.1 Å². The third kappa shape index (κ3) is 2.57. The Labute approximate surface area is 150 Å². The Balaban J connectivity index is 1.63. The predicted octanol–water partition coefficient (Wildman–Crippen LogP) is 4.09. The van der Waals surface area contributed by atoms with E-state index in [9.17, 15) is 13.6 Å². The van der Waals surface area contributed by atoms with Gasteiger partial charge in [-0.2, -0.15) is 0 Å². The fourth-order valence-corrected chi connectivity index (χ4v) is 5.52. The second-order valence-corrected chi connectivity index (χ2v) is 8.81. The van der Waals surface area contributed by atoms with E-state index in [1.165, 1.54) is 17.4 Å². The zero-order valence-corrected chi connectivity index (χ0v) is 15.5. The third-order valence-corrected chi connectivity index (χ3v) is 7.29. The monoisotopic (exact) mass is 364 g/mol. The van der Waals surface area contributed by atoms with Gasteiger partial charge < -0.3 is 5.32 Å². The fraction of sp³-hybridized carbons (Fsp3) is 0.526. The average Bonchev–Trinajstić information content (AvgIpc) is 3.00. The molecule has 3 saturated heterocycles. The van der Waals surface area contributed by atoms with Crippen molar-refractivity contribution in [3.8, 4) is 0 Å². The number of fused-ring (bicyclic) bond motifs is 4. The molecule has 3 nitrogen and oxygen atoms in total. The molecule has 25 heavy (non-hydrogen) atoms. The molecule has 0 spiro atoms. The number of amides is 1. The number of thiophene rings is 1. The first-order chi connectivity index (χ1) is 11.8. The second kappa shape index (κ2) is 5.74. The molecule has 4 heterocycles. The number of aryl methyl sites for hydroxylation is 1. The van der Waals surface area contributed by atoms with Crippen molar-refractivity contribution in [3.63, 3.8) is 0 Å². The van der Waals surface area contributed by atoms with E-state index < -0.39 is 11.6 Å². The summed E-state index contributed by atoms with van der Waals surface area (Å²) in [6.45, 7) is 8.09. The highest BCUT2D eigenvalue weighted by atomic mass is 32.1. The minimum absolute atomic E-state index is 0.0678. The summed E-state index contributed by atoms with van der Waals surface area (Å²) in [5, 5.41) is 3.79. The first kappa shape index (κ1) is 16.9. The minimum atomic E-state index is -0.867. The second-order valence-electron chi connectivity index (χ2n) is 7.76. The minimum Gasteiger partial charge on any atom is -0.346 e. The van der Waals surface area contributed by atoms with Crippen molar-refractivity contribution in [3.05, 3.63) is 34.2 Å². The van der Waals surface area contributed by atoms with Crippen LogP contribution in [-0.4, -0.2) is 35.5 Å². The van der Waals surface area contributed by atoms with Crippen LogP contribution in [0.5, 0.6) is 0 Å². The molecule has 3 fully saturated rings. The molecule has 2 aromatic rings. The van der Waals surface area contributed by atoms with Crippen LogP contribution in [0.1, 0.15) is 41.9 Å². The standard InChI is InChI=1S/C19H22F2N2OS/c1-10-15(21)13(20)8-12-9-14(25-16(10)12)18(24)22-17-11-4-6-23(7-5-11)19(17,2)3/h8-9,11,17H,4-7H2,1-3H3,(H,22,24)/t17-/m1/s1. The number of carbonyl (C=O) groups excluding carboxylic acids is 1. The molecule has 2 bridgehead atoms. The normalized spacial score (nSPS) is 27.6. The van der Waals surface area contributed by atoms with Gasteiger partial charge in [0.15, 0.2) is 11.6 Å². The zero-order chi connectivity index (χ0) is 17.9. The van der Waals surface area contributed by atoms with Crippen molar-refractivity contribution in [2.75, 3.05) is 13.1 Å². The van der Waals surface area contributed by atoms with Crippen molar-refractivity contribution in [2.24, 2.45) is 5.92 Å². The first-order valence-electron chi connectivity index (χ1n) is 8.73. The van der Waals surface area contributed by atoms with Gasteiger partial charge in [-0.05, 0) is 70.1 Å². The van der Waals surface area contributed by atoms with Crippen LogP contribution in [0.3, 0.4) is 0 Å². The van der Waals surface area contributed by atoms with Gasteiger partial charge in [0, 0.05) is 21.8 Å². The van der Waals surface area contributed by atoms with Crippen LogP contribution in [0, 0.1) is 24.5 Å². The Bertz CT molecular complexity index is 853. The van der Waals surface area contributed by atoms with Gasteiger partial charge in [0.1, 0.15) is 0 Å². The zero-order valence-electron chi connectivity index (χ0n) is 14.7. The smallest absolute Gasteiger partial charge is 0.261 e. The molecule has 3 aliphatic heterocycles. The maximum absolute atomic E-state index is 13.8. The molecule has 1 amide bonds. The Morgan fingerprint density at radius 1 is 1.28 bits per heavy atom. The molecule has 1 atom stereocenters. The number of nitrogens with one attached hydrogen (secondary N) is 1. The molecule has 0 aliphatic carbocycles. The maximum Gasteiger partial charge on any atom is 0.261 e. The van der Waals surface area contributed by atoms with Crippen LogP contribution in [0.25, 0.3) is 10.1 Å². The van der Waals surface area contributed by atoms with Crippen LogP contribution in [-0.2, 0) is 0 Å². The van der Waals surface area contributed by atoms with E-state index in [0.717, 1.165) is 25.9 Å². The summed E-state index contributed by atoms with van der Waals surface area (Å²) in [6, 6.07) is 2.94. The van der Waals surface area contributed by atoms with E-state index in [1.807, 2.05) is 0 Å². The molecule has 0 unspecified atom stereocenters. The molecular formula is C19H22F2N2OS. The van der Waals surface area contributed by atoms with Gasteiger partial charge in [-0.3, -0.25) is 9.69 Å². The summed E-state index contributed by atoms with van der Waals surface area (Å²) in [5.41, 5.74) is 0.198. The predicted molar refractivity (Wildman–Crippen MR) is 96.1 cm³/mol. The van der Waals surface area contributed by atoms with Crippen LogP contribution < -0.4 is 5.32 Å². The largest absolute Gasteiger partial charge is 0.346 e. The highest BCUT2D eigenvalue weighted by Gasteiger charge is 2.48. The molecule has 1 aromatic heterocycles. The quantitative estimate of drug-likeness (QED) is 0.870. The lowest BCUT2D eigenvalue weighted by molar-refractivity contribution is -0.0377. The lowest BCUT2D eigenvalue weighted by Crippen LogP contribution is -2.69. The Kier molecular flexibility index (Phi) is 3.88. The molecular weight excluding hydrogens is 342 g/mol. The van der Waals surface area contributed by atoms with Crippen molar-refractivity contribution in [1.82, 2.24) is 10.2 Å². The van der Waals surface area contributed by atoms with Crippen LogP contribution in [0.2, 0.25) is 0 Å². The molecule has 6 heteroatoms. The molecule has 5 rings (SSSR count). The number of halogens is 2. The van der Waals surface area contributed by atoms with Crippen LogP contribution >= 0.6 is 11.3 Å². The summed E-state index contributed by atoms with van der Waals surface area (Å²) >= 11 is 1.23. The number of nitrogens with zero attached hydrogens (tertiary/aromatic N) is 1. The van der Waals surface area contributed by atoms with Gasteiger partial charge in [0.2, 0.25) is 0 Å². The number of hydrogen-bond acceptors (Lipinski definition) is 3. The Morgan fingerprint density at radius 2 is 1.96 bits per heavy atom. The Morgan fingerprint density at radius 3 is 2.60 bits per heavy atom. The lowest BCUT2D eigenvalue weighted by Gasteiger charge is -2.56. The van der Waals surface area contributed by atoms with Crippen molar-refractivity contribution in [1.29, 1.82) is 0 Å². The highest BCUT2D eigenvalue weighted by Crippen LogP contribution is 2.39. The van der Waals surface area contributed by atoms with Gasteiger partial charge >= 0.3 is 0 Å². The van der Waals surface area contributed by atoms with Gasteiger partial charge in [0.25, 0.3) is 5.91 Å². The molecule has 1 N–H and O–H groups in total. The fourth-order valence-electron chi connectivity index (χ4n) is 4.49. The molecule has 0 radical (unpaired) electrons. The summed E-state index contributed by atoms with van der Waals surface area (Å²) in [5.74, 6) is -1.35. The Hall–Kier alpha value is -1.53. The van der Waals surface area contributed by atoms with Gasteiger partial charge in [-0.1, -0.05) is 0 Å². The van der Waals surface area contributed by atoms with Crippen molar-refractivity contribution >= 4 is 27.3 Å². The average molecular weight is 364 g/mol. The number of piperidine rings is 3. The summed E-state index contributed by atoms with van der Waals surface area (Å²) < 4.78 is 28.0. The van der Waals surface area contributed by atoms with Crippen molar-refractivity contribution in [2.45, 2.75) is 45.2 Å². The topological polar surface area (TPSA) is 32.3 Å². The molecule has 0 saturated carbocycles. The molecule has 134 valence electrons. The van der Waals surface area contributed by atoms with E-state index in [2.05, 4.69) is 24.1 Å². The van der Waals surface area contributed by atoms with E-state index in [0.29, 0.717) is 20.9 Å². The summed E-state index contributed by atoms with van der Waals surface area (Å²) in [6.07, 6.45) is 2.21. The van der Waals surface area contributed by atoms with Crippen molar-refractivity contribution < 1.29 is 13.6 Å². The molecule has 1 aromatic carbocycles. The van der Waals surface area contributed by atoms with Gasteiger partial charge in [-0.15, -0.1) is 11.3 Å². The van der Waals surface area contributed by atoms with E-state index in [1.54, 1.807) is 13.0 Å². The van der Waals surface area contributed by atoms with E-state index in [4.69, 9.17) is 0 Å². The van der Waals surface area contributed by atoms with E-state index >= 15 is 0 Å².